The number of rotatable bonds is 3. The summed E-state index contributed by atoms with van der Waals surface area (Å²) in [5.74, 6) is -0.810. The van der Waals surface area contributed by atoms with Crippen LogP contribution in [0.25, 0.3) is 0 Å². The number of para-hydroxylation sites is 1. The first kappa shape index (κ1) is 19.7. The Labute approximate surface area is 171 Å². The lowest BCUT2D eigenvalue weighted by Gasteiger charge is -2.35. The van der Waals surface area contributed by atoms with Gasteiger partial charge in [0.1, 0.15) is 6.54 Å². The van der Waals surface area contributed by atoms with E-state index in [0.717, 1.165) is 4.90 Å². The molecule has 0 aliphatic carbocycles. The number of benzene rings is 1. The molecule has 1 aromatic rings. The van der Waals surface area contributed by atoms with Gasteiger partial charge in [0, 0.05) is 39.0 Å². The van der Waals surface area contributed by atoms with Gasteiger partial charge in [-0.2, -0.15) is 0 Å². The SMILES string of the molecule is O=C1COc2c(cccc2NC(=O)N2CCN(C(=O)CN3C(=O)CCC3=O)CC2)N1. The van der Waals surface area contributed by atoms with Gasteiger partial charge in [-0.1, -0.05) is 6.07 Å². The molecule has 11 heteroatoms. The van der Waals surface area contributed by atoms with Gasteiger partial charge in [-0.05, 0) is 12.1 Å². The van der Waals surface area contributed by atoms with Gasteiger partial charge in [0.15, 0.2) is 12.4 Å². The first-order valence-electron chi connectivity index (χ1n) is 9.65. The van der Waals surface area contributed by atoms with Crippen LogP contribution in [0.2, 0.25) is 0 Å². The van der Waals surface area contributed by atoms with Crippen molar-refractivity contribution in [1.82, 2.24) is 14.7 Å². The van der Waals surface area contributed by atoms with Crippen molar-refractivity contribution in [3.8, 4) is 5.75 Å². The van der Waals surface area contributed by atoms with E-state index in [-0.39, 0.29) is 55.7 Å². The van der Waals surface area contributed by atoms with Crippen LogP contribution >= 0.6 is 0 Å². The van der Waals surface area contributed by atoms with Crippen LogP contribution in [0, 0.1) is 0 Å². The van der Waals surface area contributed by atoms with Crippen molar-refractivity contribution >= 4 is 41.0 Å². The van der Waals surface area contributed by atoms with Crippen molar-refractivity contribution in [3.63, 3.8) is 0 Å². The molecule has 0 atom stereocenters. The third kappa shape index (κ3) is 3.91. The molecule has 2 N–H and O–H groups in total. The topological polar surface area (TPSA) is 128 Å². The molecule has 6 amide bonds. The number of carbonyl (C=O) groups is 5. The molecule has 2 fully saturated rings. The van der Waals surface area contributed by atoms with Crippen molar-refractivity contribution in [3.05, 3.63) is 18.2 Å². The summed E-state index contributed by atoms with van der Waals surface area (Å²) in [6.45, 7) is 0.869. The maximum Gasteiger partial charge on any atom is 0.322 e. The average Bonchev–Trinajstić information content (AvgIpc) is 3.05. The van der Waals surface area contributed by atoms with E-state index in [1.807, 2.05) is 0 Å². The van der Waals surface area contributed by atoms with Gasteiger partial charge in [-0.15, -0.1) is 0 Å². The molecule has 0 aromatic heterocycles. The van der Waals surface area contributed by atoms with Crippen molar-refractivity contribution in [1.29, 1.82) is 0 Å². The highest BCUT2D eigenvalue weighted by Crippen LogP contribution is 2.35. The van der Waals surface area contributed by atoms with E-state index in [1.54, 1.807) is 28.0 Å². The second-order valence-electron chi connectivity index (χ2n) is 7.19. The van der Waals surface area contributed by atoms with Gasteiger partial charge in [0.05, 0.1) is 11.4 Å². The van der Waals surface area contributed by atoms with Crippen LogP contribution in [-0.4, -0.2) is 83.7 Å². The van der Waals surface area contributed by atoms with Crippen LogP contribution in [0.5, 0.6) is 5.75 Å². The van der Waals surface area contributed by atoms with E-state index in [0.29, 0.717) is 43.3 Å². The lowest BCUT2D eigenvalue weighted by molar-refractivity contribution is -0.146. The lowest BCUT2D eigenvalue weighted by Crippen LogP contribution is -2.53. The summed E-state index contributed by atoms with van der Waals surface area (Å²) in [6, 6.07) is 4.71. The van der Waals surface area contributed by atoms with Gasteiger partial charge < -0.3 is 25.2 Å². The predicted octanol–water partition coefficient (Wildman–Crippen LogP) is -0.157. The molecule has 3 aliphatic rings. The van der Waals surface area contributed by atoms with E-state index in [9.17, 15) is 24.0 Å². The molecule has 0 spiro atoms. The largest absolute Gasteiger partial charge is 0.479 e. The predicted molar refractivity (Wildman–Crippen MR) is 104 cm³/mol. The summed E-state index contributed by atoms with van der Waals surface area (Å²) in [5, 5.41) is 5.46. The van der Waals surface area contributed by atoms with Crippen molar-refractivity contribution < 1.29 is 28.7 Å². The molecule has 3 aliphatic heterocycles. The van der Waals surface area contributed by atoms with Crippen LogP contribution in [0.15, 0.2) is 18.2 Å². The number of anilines is 2. The number of carbonyl (C=O) groups excluding carboxylic acids is 5. The Morgan fingerprint density at radius 2 is 1.67 bits per heavy atom. The molecule has 30 heavy (non-hydrogen) atoms. The molecule has 1 aromatic carbocycles. The Balaban J connectivity index is 1.31. The number of piperazine rings is 1. The van der Waals surface area contributed by atoms with E-state index in [1.165, 1.54) is 0 Å². The first-order valence-corrected chi connectivity index (χ1v) is 9.65. The van der Waals surface area contributed by atoms with E-state index in [2.05, 4.69) is 10.6 Å². The van der Waals surface area contributed by atoms with Crippen LogP contribution in [0.3, 0.4) is 0 Å². The summed E-state index contributed by atoms with van der Waals surface area (Å²) in [7, 11) is 0. The number of urea groups is 1. The zero-order valence-electron chi connectivity index (χ0n) is 16.2. The minimum Gasteiger partial charge on any atom is -0.479 e. The first-order chi connectivity index (χ1) is 14.4. The Kier molecular flexibility index (Phi) is 5.25. The molecule has 0 unspecified atom stereocenters. The zero-order chi connectivity index (χ0) is 21.3. The van der Waals surface area contributed by atoms with Gasteiger partial charge in [-0.25, -0.2) is 4.79 Å². The van der Waals surface area contributed by atoms with Crippen LogP contribution in [-0.2, 0) is 19.2 Å². The summed E-state index contributed by atoms with van der Waals surface area (Å²) < 4.78 is 5.43. The van der Waals surface area contributed by atoms with Crippen LogP contribution in [0.4, 0.5) is 16.2 Å². The molecule has 2 saturated heterocycles. The number of amides is 6. The molecular formula is C19H21N5O6. The molecule has 158 valence electrons. The fraction of sp³-hybridized carbons (Fsp3) is 0.421. The lowest BCUT2D eigenvalue weighted by atomic mass is 10.2. The third-order valence-electron chi connectivity index (χ3n) is 5.25. The Morgan fingerprint density at radius 3 is 2.37 bits per heavy atom. The summed E-state index contributed by atoms with van der Waals surface area (Å²) in [6.07, 6.45) is 0.299. The van der Waals surface area contributed by atoms with Crippen LogP contribution < -0.4 is 15.4 Å². The maximum atomic E-state index is 12.6. The summed E-state index contributed by atoms with van der Waals surface area (Å²) >= 11 is 0. The monoisotopic (exact) mass is 415 g/mol. The van der Waals surface area contributed by atoms with Crippen molar-refractivity contribution in [2.45, 2.75) is 12.8 Å². The second kappa shape index (κ2) is 8.01. The van der Waals surface area contributed by atoms with E-state index >= 15 is 0 Å². The fourth-order valence-electron chi connectivity index (χ4n) is 3.60. The number of nitrogens with one attached hydrogen (secondary N) is 2. The molecule has 4 rings (SSSR count). The molecular weight excluding hydrogens is 394 g/mol. The van der Waals surface area contributed by atoms with Crippen LogP contribution in [0.1, 0.15) is 12.8 Å². The number of hydrogen-bond donors (Lipinski definition) is 2. The second-order valence-corrected chi connectivity index (χ2v) is 7.19. The molecule has 0 bridgehead atoms. The third-order valence-corrected chi connectivity index (χ3v) is 5.25. The highest BCUT2D eigenvalue weighted by atomic mass is 16.5. The van der Waals surface area contributed by atoms with Gasteiger partial charge in [0.2, 0.25) is 17.7 Å². The summed E-state index contributed by atoms with van der Waals surface area (Å²) in [5.41, 5.74) is 0.938. The van der Waals surface area contributed by atoms with Crippen molar-refractivity contribution in [2.75, 3.05) is 50.0 Å². The van der Waals surface area contributed by atoms with Gasteiger partial charge in [0.25, 0.3) is 5.91 Å². The average molecular weight is 415 g/mol. The zero-order valence-corrected chi connectivity index (χ0v) is 16.2. The van der Waals surface area contributed by atoms with Crippen molar-refractivity contribution in [2.24, 2.45) is 0 Å². The molecule has 3 heterocycles. The minimum absolute atomic E-state index is 0.122. The quantitative estimate of drug-likeness (QED) is 0.661. The maximum absolute atomic E-state index is 12.6. The number of fused-ring (bicyclic) bond motifs is 1. The van der Waals surface area contributed by atoms with Gasteiger partial charge >= 0.3 is 6.03 Å². The number of hydrogen-bond acceptors (Lipinski definition) is 6. The molecule has 0 saturated carbocycles. The van der Waals surface area contributed by atoms with E-state index in [4.69, 9.17) is 4.74 Å². The highest BCUT2D eigenvalue weighted by molar-refractivity contribution is 6.04. The summed E-state index contributed by atoms with van der Waals surface area (Å²) in [4.78, 5) is 63.9. The minimum atomic E-state index is -0.346. The highest BCUT2D eigenvalue weighted by Gasteiger charge is 2.33. The number of imide groups is 1. The standard InChI is InChI=1S/C19H21N5O6/c25-14-11-30-18-12(20-14)2-1-3-13(18)21-19(29)23-8-6-22(7-9-23)17(28)10-24-15(26)4-5-16(24)27/h1-3H,4-11H2,(H,20,25)(H,21,29). The van der Waals surface area contributed by atoms with Gasteiger partial charge in [-0.3, -0.25) is 24.1 Å². The number of ether oxygens (including phenoxy) is 1. The van der Waals surface area contributed by atoms with E-state index < -0.39 is 0 Å². The number of nitrogens with zero attached hydrogens (tertiary/aromatic N) is 3. The Hall–Kier alpha value is -3.63. The number of likely N-dealkylation sites (tertiary alicyclic amines) is 1. The molecule has 0 radical (unpaired) electrons. The normalized spacial score (nSPS) is 18.7. The fourth-order valence-corrected chi connectivity index (χ4v) is 3.60. The Morgan fingerprint density at radius 1 is 1.00 bits per heavy atom. The smallest absolute Gasteiger partial charge is 0.322 e. The molecule has 11 nitrogen and oxygen atoms in total. The Bertz CT molecular complexity index is 908.